The minimum atomic E-state index is -0.392. The van der Waals surface area contributed by atoms with Gasteiger partial charge in [-0.3, -0.25) is 14.5 Å². The summed E-state index contributed by atoms with van der Waals surface area (Å²) in [6.07, 6.45) is 0.221. The number of imide groups is 1. The second kappa shape index (κ2) is 5.52. The number of likely N-dealkylation sites (tertiary alicyclic amines) is 1. The van der Waals surface area contributed by atoms with Crippen LogP contribution in [0.4, 0.5) is 5.69 Å². The Bertz CT molecular complexity index is 519. The van der Waals surface area contributed by atoms with Gasteiger partial charge < -0.3 is 10.5 Å². The van der Waals surface area contributed by atoms with Crippen molar-refractivity contribution in [3.63, 3.8) is 0 Å². The van der Waals surface area contributed by atoms with Crippen LogP contribution in [-0.2, 0) is 9.59 Å². The topological polar surface area (TPSA) is 72.6 Å². The highest BCUT2D eigenvalue weighted by Gasteiger charge is 2.36. The van der Waals surface area contributed by atoms with Crippen LogP contribution in [0, 0.1) is 0 Å². The Morgan fingerprint density at radius 3 is 2.79 bits per heavy atom. The van der Waals surface area contributed by atoms with E-state index in [1.54, 1.807) is 18.2 Å². The normalized spacial score (nSPS) is 19.1. The molecule has 1 heterocycles. The predicted molar refractivity (Wildman–Crippen MR) is 74.1 cm³/mol. The zero-order valence-corrected chi connectivity index (χ0v) is 11.7. The molecule has 2 N–H and O–H groups in total. The highest BCUT2D eigenvalue weighted by molar-refractivity contribution is 8.00. The summed E-state index contributed by atoms with van der Waals surface area (Å²) in [6.45, 7) is 2.47. The third kappa shape index (κ3) is 2.84. The van der Waals surface area contributed by atoms with E-state index in [2.05, 4.69) is 0 Å². The van der Waals surface area contributed by atoms with Gasteiger partial charge in [0.05, 0.1) is 11.9 Å². The predicted octanol–water partition coefficient (Wildman–Crippen LogP) is 1.52. The molecular weight excluding hydrogens is 264 g/mol. The monoisotopic (exact) mass is 280 g/mol. The van der Waals surface area contributed by atoms with E-state index in [-0.39, 0.29) is 18.2 Å². The average molecular weight is 280 g/mol. The molecule has 1 fully saturated rings. The lowest BCUT2D eigenvalue weighted by atomic mass is 10.3. The van der Waals surface area contributed by atoms with Crippen LogP contribution in [0.25, 0.3) is 0 Å². The minimum Gasteiger partial charge on any atom is -0.494 e. The summed E-state index contributed by atoms with van der Waals surface area (Å²) in [4.78, 5) is 25.3. The Labute approximate surface area is 116 Å². The molecule has 2 rings (SSSR count). The molecule has 0 aliphatic carbocycles. The molecule has 1 aromatic carbocycles. The molecule has 1 unspecified atom stereocenters. The molecule has 1 aliphatic rings. The van der Waals surface area contributed by atoms with Gasteiger partial charge in [0.2, 0.25) is 11.8 Å². The molecule has 5 nitrogen and oxygen atoms in total. The van der Waals surface area contributed by atoms with Crippen LogP contribution in [-0.4, -0.2) is 35.6 Å². The summed E-state index contributed by atoms with van der Waals surface area (Å²) >= 11 is 1.32. The van der Waals surface area contributed by atoms with Crippen molar-refractivity contribution in [2.75, 3.05) is 19.4 Å². The molecule has 0 saturated carbocycles. The quantitative estimate of drug-likeness (QED) is 0.668. The standard InChI is InChI=1S/C13H16N2O3S/c1-3-18-8-4-5-9(14)10(6-8)19-11-7-12(16)15(2)13(11)17/h4-6,11H,3,7,14H2,1-2H3. The zero-order valence-electron chi connectivity index (χ0n) is 10.9. The van der Waals surface area contributed by atoms with Crippen LogP contribution in [0.3, 0.4) is 0 Å². The van der Waals surface area contributed by atoms with Gasteiger partial charge in [0.25, 0.3) is 0 Å². The molecular formula is C13H16N2O3S. The van der Waals surface area contributed by atoms with Crippen molar-refractivity contribution in [3.8, 4) is 5.75 Å². The maximum atomic E-state index is 11.9. The number of benzene rings is 1. The van der Waals surface area contributed by atoms with Gasteiger partial charge >= 0.3 is 0 Å². The van der Waals surface area contributed by atoms with E-state index in [4.69, 9.17) is 10.5 Å². The largest absolute Gasteiger partial charge is 0.494 e. The summed E-state index contributed by atoms with van der Waals surface area (Å²) in [7, 11) is 1.51. The second-order valence-corrected chi connectivity index (χ2v) is 5.48. The number of hydrogen-bond donors (Lipinski definition) is 1. The summed E-state index contributed by atoms with van der Waals surface area (Å²) in [5.41, 5.74) is 6.48. The molecule has 0 spiro atoms. The Morgan fingerprint density at radius 1 is 1.47 bits per heavy atom. The van der Waals surface area contributed by atoms with E-state index in [0.717, 1.165) is 4.90 Å². The van der Waals surface area contributed by atoms with Gasteiger partial charge in [-0.25, -0.2) is 0 Å². The van der Waals surface area contributed by atoms with E-state index in [1.165, 1.54) is 23.7 Å². The van der Waals surface area contributed by atoms with Crippen molar-refractivity contribution < 1.29 is 14.3 Å². The number of amides is 2. The highest BCUT2D eigenvalue weighted by Crippen LogP contribution is 2.36. The number of rotatable bonds is 4. The lowest BCUT2D eigenvalue weighted by Gasteiger charge is -2.12. The maximum Gasteiger partial charge on any atom is 0.242 e. The number of carbonyl (C=O) groups is 2. The molecule has 1 aliphatic heterocycles. The van der Waals surface area contributed by atoms with Crippen LogP contribution in [0.15, 0.2) is 23.1 Å². The van der Waals surface area contributed by atoms with E-state index >= 15 is 0 Å². The first-order valence-corrected chi connectivity index (χ1v) is 6.90. The second-order valence-electron chi connectivity index (χ2n) is 4.23. The van der Waals surface area contributed by atoms with Crippen molar-refractivity contribution in [1.82, 2.24) is 4.90 Å². The summed E-state index contributed by atoms with van der Waals surface area (Å²) in [6, 6.07) is 5.34. The summed E-state index contributed by atoms with van der Waals surface area (Å²) in [5.74, 6) is 0.391. The lowest BCUT2D eigenvalue weighted by molar-refractivity contribution is -0.136. The summed E-state index contributed by atoms with van der Waals surface area (Å²) < 4.78 is 5.40. The van der Waals surface area contributed by atoms with Crippen molar-refractivity contribution in [3.05, 3.63) is 18.2 Å². The fourth-order valence-electron chi connectivity index (χ4n) is 1.84. The van der Waals surface area contributed by atoms with Crippen LogP contribution in [0.2, 0.25) is 0 Å². The van der Waals surface area contributed by atoms with Crippen molar-refractivity contribution >= 4 is 29.3 Å². The highest BCUT2D eigenvalue weighted by atomic mass is 32.2. The Hall–Kier alpha value is -1.69. The first-order chi connectivity index (χ1) is 9.02. The van der Waals surface area contributed by atoms with Crippen LogP contribution in [0.5, 0.6) is 5.75 Å². The maximum absolute atomic E-state index is 11.9. The Morgan fingerprint density at radius 2 is 2.21 bits per heavy atom. The van der Waals surface area contributed by atoms with Gasteiger partial charge in [0.15, 0.2) is 0 Å². The molecule has 0 radical (unpaired) electrons. The molecule has 0 bridgehead atoms. The molecule has 1 saturated heterocycles. The Balaban J connectivity index is 2.17. The van der Waals surface area contributed by atoms with Crippen LogP contribution < -0.4 is 10.5 Å². The number of hydrogen-bond acceptors (Lipinski definition) is 5. The molecule has 19 heavy (non-hydrogen) atoms. The van der Waals surface area contributed by atoms with E-state index in [1.807, 2.05) is 6.92 Å². The minimum absolute atomic E-state index is 0.151. The smallest absolute Gasteiger partial charge is 0.242 e. The molecule has 2 amide bonds. The van der Waals surface area contributed by atoms with Gasteiger partial charge in [-0.1, -0.05) is 0 Å². The Kier molecular flexibility index (Phi) is 3.99. The number of nitrogen functional groups attached to an aromatic ring is 1. The molecule has 1 atom stereocenters. The lowest BCUT2D eigenvalue weighted by Crippen LogP contribution is -2.26. The number of nitrogens with zero attached hydrogens (tertiary/aromatic N) is 1. The molecule has 0 aromatic heterocycles. The number of nitrogens with two attached hydrogens (primary N) is 1. The van der Waals surface area contributed by atoms with Gasteiger partial charge in [-0.2, -0.15) is 0 Å². The van der Waals surface area contributed by atoms with Gasteiger partial charge in [0.1, 0.15) is 5.75 Å². The average Bonchev–Trinajstić information content (AvgIpc) is 2.62. The number of ether oxygens (including phenoxy) is 1. The van der Waals surface area contributed by atoms with Crippen molar-refractivity contribution in [2.24, 2.45) is 0 Å². The van der Waals surface area contributed by atoms with Gasteiger partial charge in [0, 0.05) is 24.1 Å². The van der Waals surface area contributed by atoms with Crippen molar-refractivity contribution in [2.45, 2.75) is 23.5 Å². The van der Waals surface area contributed by atoms with Crippen LogP contribution >= 0.6 is 11.8 Å². The van der Waals surface area contributed by atoms with Gasteiger partial charge in [-0.05, 0) is 25.1 Å². The van der Waals surface area contributed by atoms with Crippen molar-refractivity contribution in [1.29, 1.82) is 0 Å². The van der Waals surface area contributed by atoms with Crippen LogP contribution in [0.1, 0.15) is 13.3 Å². The number of thioether (sulfide) groups is 1. The first-order valence-electron chi connectivity index (χ1n) is 6.02. The molecule has 1 aromatic rings. The summed E-state index contributed by atoms with van der Waals surface area (Å²) in [5, 5.41) is -0.392. The van der Waals surface area contributed by atoms with E-state index < -0.39 is 5.25 Å². The fourth-order valence-corrected chi connectivity index (χ4v) is 3.02. The number of anilines is 1. The van der Waals surface area contributed by atoms with E-state index in [9.17, 15) is 9.59 Å². The van der Waals surface area contributed by atoms with E-state index in [0.29, 0.717) is 18.0 Å². The first kappa shape index (κ1) is 13.7. The zero-order chi connectivity index (χ0) is 14.0. The fraction of sp³-hybridized carbons (Fsp3) is 0.385. The third-order valence-electron chi connectivity index (χ3n) is 2.91. The third-order valence-corrected chi connectivity index (χ3v) is 4.17. The SMILES string of the molecule is CCOc1ccc(N)c(SC2CC(=O)N(C)C2=O)c1. The number of carbonyl (C=O) groups excluding carboxylic acids is 2. The molecule has 6 heteroatoms. The molecule has 102 valence electrons. The van der Waals surface area contributed by atoms with Gasteiger partial charge in [-0.15, -0.1) is 11.8 Å².